The van der Waals surface area contributed by atoms with E-state index in [-0.39, 0.29) is 42.0 Å². The molecule has 3 rings (SSSR count). The van der Waals surface area contributed by atoms with Gasteiger partial charge in [-0.2, -0.15) is 0 Å². The van der Waals surface area contributed by atoms with Crippen LogP contribution < -0.4 is 10.6 Å². The number of nitrogens with zero attached hydrogens (tertiary/aromatic N) is 1. The molecule has 0 radical (unpaired) electrons. The highest BCUT2D eigenvalue weighted by Gasteiger charge is 2.31. The van der Waals surface area contributed by atoms with Gasteiger partial charge in [-0.05, 0) is 56.5 Å². The van der Waals surface area contributed by atoms with Crippen molar-refractivity contribution in [3.63, 3.8) is 0 Å². The molecule has 0 saturated carbocycles. The van der Waals surface area contributed by atoms with Crippen LogP contribution in [0.3, 0.4) is 0 Å². The highest BCUT2D eigenvalue weighted by atomic mass is 35.5. The van der Waals surface area contributed by atoms with Gasteiger partial charge in [-0.15, -0.1) is 12.4 Å². The van der Waals surface area contributed by atoms with E-state index in [0.717, 1.165) is 19.4 Å². The van der Waals surface area contributed by atoms with Gasteiger partial charge in [0.15, 0.2) is 0 Å². The molecule has 2 N–H and O–H groups in total. The molecule has 24 heavy (non-hydrogen) atoms. The average Bonchev–Trinajstić information content (AvgIpc) is 3.11. The smallest absolute Gasteiger partial charge is 0.239 e. The van der Waals surface area contributed by atoms with Gasteiger partial charge in [0.2, 0.25) is 11.8 Å². The van der Waals surface area contributed by atoms with Crippen LogP contribution in [-0.2, 0) is 9.59 Å². The number of likely N-dealkylation sites (tertiary alicyclic amines) is 1. The number of carbonyl (C=O) groups excluding carboxylic acids is 2. The molecular weight excluding hydrogens is 333 g/mol. The van der Waals surface area contributed by atoms with Gasteiger partial charge in [0.25, 0.3) is 0 Å². The summed E-state index contributed by atoms with van der Waals surface area (Å²) in [5.41, 5.74) is 0.602. The van der Waals surface area contributed by atoms with Crippen LogP contribution in [0.1, 0.15) is 25.7 Å². The van der Waals surface area contributed by atoms with Gasteiger partial charge in [0, 0.05) is 24.7 Å². The number of hydrogen-bond donors (Lipinski definition) is 2. The zero-order valence-corrected chi connectivity index (χ0v) is 14.3. The first-order valence-corrected chi connectivity index (χ1v) is 8.22. The van der Waals surface area contributed by atoms with Gasteiger partial charge < -0.3 is 15.5 Å². The second-order valence-corrected chi connectivity index (χ2v) is 6.24. The summed E-state index contributed by atoms with van der Waals surface area (Å²) in [6.45, 7) is 2.16. The quantitative estimate of drug-likeness (QED) is 0.873. The maximum atomic E-state index is 12.9. The van der Waals surface area contributed by atoms with Crippen molar-refractivity contribution in [2.75, 3.05) is 25.0 Å². The molecule has 132 valence electrons. The molecule has 2 fully saturated rings. The van der Waals surface area contributed by atoms with E-state index >= 15 is 0 Å². The van der Waals surface area contributed by atoms with Crippen molar-refractivity contribution >= 4 is 29.9 Å². The minimum Gasteiger partial charge on any atom is -0.341 e. The predicted octanol–water partition coefficient (Wildman–Crippen LogP) is 2.18. The van der Waals surface area contributed by atoms with E-state index in [0.29, 0.717) is 31.6 Å². The van der Waals surface area contributed by atoms with Crippen LogP contribution in [0.25, 0.3) is 0 Å². The van der Waals surface area contributed by atoms with E-state index in [1.807, 2.05) is 4.90 Å². The summed E-state index contributed by atoms with van der Waals surface area (Å²) < 4.78 is 12.9. The predicted molar refractivity (Wildman–Crippen MR) is 92.6 cm³/mol. The van der Waals surface area contributed by atoms with E-state index in [4.69, 9.17) is 0 Å². The Hall–Kier alpha value is -1.66. The molecule has 1 atom stereocenters. The van der Waals surface area contributed by atoms with Crippen molar-refractivity contribution in [2.45, 2.75) is 31.7 Å². The summed E-state index contributed by atoms with van der Waals surface area (Å²) in [5.74, 6) is -0.307. The summed E-state index contributed by atoms with van der Waals surface area (Å²) >= 11 is 0. The number of benzene rings is 1. The zero-order chi connectivity index (χ0) is 16.2. The van der Waals surface area contributed by atoms with Crippen molar-refractivity contribution in [3.8, 4) is 0 Å². The second-order valence-electron chi connectivity index (χ2n) is 6.24. The van der Waals surface area contributed by atoms with Gasteiger partial charge in [-0.25, -0.2) is 4.39 Å². The van der Waals surface area contributed by atoms with Crippen LogP contribution in [-0.4, -0.2) is 42.4 Å². The Morgan fingerprint density at radius 2 is 1.79 bits per heavy atom. The molecule has 1 aromatic rings. The van der Waals surface area contributed by atoms with Crippen LogP contribution in [0.2, 0.25) is 0 Å². The molecule has 2 aliphatic rings. The van der Waals surface area contributed by atoms with Crippen LogP contribution in [0.5, 0.6) is 0 Å². The van der Waals surface area contributed by atoms with Crippen LogP contribution in [0.15, 0.2) is 24.3 Å². The molecule has 0 aromatic heterocycles. The molecule has 1 unspecified atom stereocenters. The summed E-state index contributed by atoms with van der Waals surface area (Å²) in [6, 6.07) is 5.71. The monoisotopic (exact) mass is 355 g/mol. The first kappa shape index (κ1) is 18.7. The largest absolute Gasteiger partial charge is 0.341 e. The van der Waals surface area contributed by atoms with Crippen LogP contribution in [0.4, 0.5) is 10.1 Å². The Morgan fingerprint density at radius 3 is 2.38 bits per heavy atom. The lowest BCUT2D eigenvalue weighted by atomic mass is 9.95. The summed E-state index contributed by atoms with van der Waals surface area (Å²) in [4.78, 5) is 26.5. The van der Waals surface area contributed by atoms with Gasteiger partial charge in [0.05, 0.1) is 6.04 Å². The number of rotatable bonds is 3. The van der Waals surface area contributed by atoms with Gasteiger partial charge >= 0.3 is 0 Å². The van der Waals surface area contributed by atoms with Gasteiger partial charge in [-0.1, -0.05) is 0 Å². The van der Waals surface area contributed by atoms with Crippen molar-refractivity contribution in [3.05, 3.63) is 30.1 Å². The fourth-order valence-corrected chi connectivity index (χ4v) is 3.26. The number of nitrogens with one attached hydrogen (secondary N) is 2. The average molecular weight is 356 g/mol. The molecule has 2 aliphatic heterocycles. The summed E-state index contributed by atoms with van der Waals surface area (Å²) in [7, 11) is 0. The molecule has 2 amide bonds. The van der Waals surface area contributed by atoms with E-state index < -0.39 is 0 Å². The van der Waals surface area contributed by atoms with Crippen LogP contribution >= 0.6 is 12.4 Å². The third-order valence-electron chi connectivity index (χ3n) is 4.65. The second kappa shape index (κ2) is 8.44. The lowest BCUT2D eigenvalue weighted by Gasteiger charge is -2.33. The maximum Gasteiger partial charge on any atom is 0.239 e. The Morgan fingerprint density at radius 1 is 1.12 bits per heavy atom. The molecule has 1 aromatic carbocycles. The summed E-state index contributed by atoms with van der Waals surface area (Å²) in [6.07, 6.45) is 3.30. The SMILES string of the molecule is Cl.O=C(Nc1ccc(F)cc1)C1CCN(C(=O)C2CCCN2)CC1. The first-order chi connectivity index (χ1) is 11.1. The summed E-state index contributed by atoms with van der Waals surface area (Å²) in [5, 5.41) is 6.04. The Balaban J connectivity index is 0.00000208. The fraction of sp³-hybridized carbons (Fsp3) is 0.529. The third kappa shape index (κ3) is 4.45. The molecule has 0 spiro atoms. The Labute approximate surface area is 147 Å². The topological polar surface area (TPSA) is 61.4 Å². The normalized spacial score (nSPS) is 21.2. The standard InChI is InChI=1S/C17H22FN3O2.ClH/c18-13-3-5-14(6-4-13)20-16(22)12-7-10-21(11-8-12)17(23)15-2-1-9-19-15;/h3-6,12,15,19H,1-2,7-11H2,(H,20,22);1H. The number of piperidine rings is 1. The van der Waals surface area contributed by atoms with E-state index in [9.17, 15) is 14.0 Å². The van der Waals surface area contributed by atoms with Crippen molar-refractivity contribution in [1.29, 1.82) is 0 Å². The van der Waals surface area contributed by atoms with E-state index in [1.165, 1.54) is 12.1 Å². The molecule has 2 heterocycles. The number of amides is 2. The molecule has 7 heteroatoms. The first-order valence-electron chi connectivity index (χ1n) is 8.22. The number of carbonyl (C=O) groups is 2. The maximum absolute atomic E-state index is 12.9. The number of halogens is 2. The third-order valence-corrected chi connectivity index (χ3v) is 4.65. The molecular formula is C17H23ClFN3O2. The van der Waals surface area contributed by atoms with Crippen molar-refractivity contribution in [2.24, 2.45) is 5.92 Å². The van der Waals surface area contributed by atoms with E-state index in [1.54, 1.807) is 12.1 Å². The number of anilines is 1. The highest BCUT2D eigenvalue weighted by Crippen LogP contribution is 2.21. The lowest BCUT2D eigenvalue weighted by Crippen LogP contribution is -2.48. The fourth-order valence-electron chi connectivity index (χ4n) is 3.26. The minimum atomic E-state index is -0.324. The molecule has 0 aliphatic carbocycles. The van der Waals surface area contributed by atoms with E-state index in [2.05, 4.69) is 10.6 Å². The molecule has 2 saturated heterocycles. The lowest BCUT2D eigenvalue weighted by molar-refractivity contribution is -0.136. The van der Waals surface area contributed by atoms with Gasteiger partial charge in [-0.3, -0.25) is 9.59 Å². The Kier molecular flexibility index (Phi) is 6.57. The van der Waals surface area contributed by atoms with Crippen LogP contribution in [0, 0.1) is 11.7 Å². The Bertz CT molecular complexity index is 568. The van der Waals surface area contributed by atoms with Crippen molar-refractivity contribution in [1.82, 2.24) is 10.2 Å². The highest BCUT2D eigenvalue weighted by molar-refractivity contribution is 5.92. The van der Waals surface area contributed by atoms with Gasteiger partial charge in [0.1, 0.15) is 5.82 Å². The molecule has 5 nitrogen and oxygen atoms in total. The minimum absolute atomic E-state index is 0. The number of hydrogen-bond acceptors (Lipinski definition) is 3. The zero-order valence-electron chi connectivity index (χ0n) is 13.5. The molecule has 0 bridgehead atoms. The van der Waals surface area contributed by atoms with Crippen molar-refractivity contribution < 1.29 is 14.0 Å².